The number of anilines is 1. The second kappa shape index (κ2) is 8.94. The lowest BCUT2D eigenvalue weighted by Crippen LogP contribution is -2.39. The van der Waals surface area contributed by atoms with Gasteiger partial charge in [0.05, 0.1) is 11.8 Å². The molecule has 180 valence electrons. The van der Waals surface area contributed by atoms with Crippen LogP contribution in [0.15, 0.2) is 63.4 Å². The van der Waals surface area contributed by atoms with Crippen molar-refractivity contribution in [1.29, 1.82) is 0 Å². The first kappa shape index (κ1) is 22.7. The molecule has 0 saturated carbocycles. The molecule has 0 spiro atoms. The van der Waals surface area contributed by atoms with Gasteiger partial charge in [0.2, 0.25) is 11.7 Å². The Kier molecular flexibility index (Phi) is 5.80. The fourth-order valence-corrected chi connectivity index (χ4v) is 4.15. The number of fused-ring (bicyclic) bond motifs is 1. The molecule has 0 aliphatic carbocycles. The molecule has 35 heavy (non-hydrogen) atoms. The van der Waals surface area contributed by atoms with Crippen LogP contribution in [0, 0.1) is 0 Å². The van der Waals surface area contributed by atoms with E-state index in [9.17, 15) is 9.59 Å². The molecule has 1 fully saturated rings. The van der Waals surface area contributed by atoms with Crippen molar-refractivity contribution in [2.75, 3.05) is 4.90 Å². The Bertz CT molecular complexity index is 1270. The summed E-state index contributed by atoms with van der Waals surface area (Å²) >= 11 is 0. The first-order valence-electron chi connectivity index (χ1n) is 11.6. The Morgan fingerprint density at radius 3 is 2.34 bits per heavy atom. The van der Waals surface area contributed by atoms with Crippen LogP contribution in [0.4, 0.5) is 5.69 Å². The monoisotopic (exact) mass is 474 g/mol. The van der Waals surface area contributed by atoms with Crippen molar-refractivity contribution < 1.29 is 18.8 Å². The third-order valence-electron chi connectivity index (χ3n) is 5.93. The van der Waals surface area contributed by atoms with E-state index in [2.05, 4.69) is 34.3 Å². The predicted octanol–water partition coefficient (Wildman–Crippen LogP) is 4.14. The van der Waals surface area contributed by atoms with Gasteiger partial charge in [-0.2, -0.15) is 10.1 Å². The number of benzene rings is 2. The number of amides is 2. The fraction of sp³-hybridized carbons (Fsp3) is 0.360. The Labute approximate surface area is 202 Å². The summed E-state index contributed by atoms with van der Waals surface area (Å²) in [6.07, 6.45) is 0.0802. The summed E-state index contributed by atoms with van der Waals surface area (Å²) in [4.78, 5) is 31.8. The van der Waals surface area contributed by atoms with Crippen molar-refractivity contribution in [1.82, 2.24) is 15.1 Å². The third-order valence-corrected chi connectivity index (χ3v) is 5.93. The Hall–Kier alpha value is -4.08. The van der Waals surface area contributed by atoms with Crippen molar-refractivity contribution in [3.8, 4) is 17.1 Å². The van der Waals surface area contributed by atoms with Crippen molar-refractivity contribution in [3.05, 3.63) is 60.0 Å². The van der Waals surface area contributed by atoms with Crippen LogP contribution >= 0.6 is 0 Å². The fourth-order valence-electron chi connectivity index (χ4n) is 4.15. The van der Waals surface area contributed by atoms with E-state index in [1.807, 2.05) is 50.2 Å². The van der Waals surface area contributed by atoms with Gasteiger partial charge in [-0.05, 0) is 61.7 Å². The number of ether oxygens (including phenoxy) is 1. The standard InChI is InChI=1S/C25H26N6O4/c1-14(2)16-5-9-18(10-6-16)31-24(32)21-22(25(31)33)30(29-27-21)13-20-26-23(28-35-20)17-7-11-19(12-8-17)34-15(3)4/h5-12,14-15,21-22H,13H2,1-4H3/t21-,22-/m1/s1. The number of aromatic nitrogens is 2. The number of carbonyl (C=O) groups excluding carboxylic acids is 2. The Balaban J connectivity index is 1.30. The van der Waals surface area contributed by atoms with Gasteiger partial charge in [-0.1, -0.05) is 36.4 Å². The van der Waals surface area contributed by atoms with E-state index in [-0.39, 0.29) is 24.4 Å². The average Bonchev–Trinajstić information content (AvgIpc) is 3.52. The lowest BCUT2D eigenvalue weighted by Gasteiger charge is -2.19. The van der Waals surface area contributed by atoms with Gasteiger partial charge in [0.1, 0.15) is 12.3 Å². The van der Waals surface area contributed by atoms with Gasteiger partial charge < -0.3 is 9.26 Å². The van der Waals surface area contributed by atoms with Crippen LogP contribution in [-0.4, -0.2) is 45.2 Å². The first-order valence-corrected chi connectivity index (χ1v) is 11.6. The minimum absolute atomic E-state index is 0.0609. The zero-order chi connectivity index (χ0) is 24.7. The normalized spacial score (nSPS) is 19.4. The Morgan fingerprint density at radius 2 is 1.69 bits per heavy atom. The van der Waals surface area contributed by atoms with E-state index >= 15 is 0 Å². The third kappa shape index (κ3) is 4.27. The highest BCUT2D eigenvalue weighted by Gasteiger charge is 2.55. The highest BCUT2D eigenvalue weighted by atomic mass is 16.5. The molecular weight excluding hydrogens is 448 g/mol. The van der Waals surface area contributed by atoms with Crippen molar-refractivity contribution in [2.45, 2.75) is 58.3 Å². The molecule has 2 amide bonds. The topological polar surface area (TPSA) is 113 Å². The second-order valence-corrected chi connectivity index (χ2v) is 9.15. The number of nitrogens with zero attached hydrogens (tertiary/aromatic N) is 6. The molecule has 10 nitrogen and oxygen atoms in total. The van der Waals surface area contributed by atoms with Gasteiger partial charge in [-0.3, -0.25) is 14.6 Å². The molecule has 5 rings (SSSR count). The highest BCUT2D eigenvalue weighted by Crippen LogP contribution is 2.33. The molecule has 1 saturated heterocycles. The lowest BCUT2D eigenvalue weighted by atomic mass is 10.0. The van der Waals surface area contributed by atoms with E-state index in [0.717, 1.165) is 16.9 Å². The van der Waals surface area contributed by atoms with Crippen LogP contribution in [0.2, 0.25) is 0 Å². The molecule has 2 aliphatic rings. The average molecular weight is 475 g/mol. The van der Waals surface area contributed by atoms with Crippen LogP contribution < -0.4 is 9.64 Å². The minimum atomic E-state index is -0.886. The smallest absolute Gasteiger partial charge is 0.263 e. The molecular formula is C25H26N6O4. The van der Waals surface area contributed by atoms with Crippen LogP contribution in [0.3, 0.4) is 0 Å². The van der Waals surface area contributed by atoms with Gasteiger partial charge in [0.25, 0.3) is 11.8 Å². The summed E-state index contributed by atoms with van der Waals surface area (Å²) in [6, 6.07) is 13.1. The molecule has 2 atom stereocenters. The summed E-state index contributed by atoms with van der Waals surface area (Å²) < 4.78 is 11.0. The van der Waals surface area contributed by atoms with E-state index in [4.69, 9.17) is 9.26 Å². The lowest BCUT2D eigenvalue weighted by molar-refractivity contribution is -0.123. The number of carbonyl (C=O) groups is 2. The second-order valence-electron chi connectivity index (χ2n) is 9.15. The summed E-state index contributed by atoms with van der Waals surface area (Å²) in [7, 11) is 0. The number of rotatable bonds is 7. The van der Waals surface area contributed by atoms with Gasteiger partial charge >= 0.3 is 0 Å². The van der Waals surface area contributed by atoms with E-state index in [1.54, 1.807) is 12.1 Å². The molecule has 3 aromatic rings. The van der Waals surface area contributed by atoms with Crippen LogP contribution in [0.5, 0.6) is 5.75 Å². The van der Waals surface area contributed by atoms with Crippen LogP contribution in [-0.2, 0) is 16.1 Å². The van der Waals surface area contributed by atoms with E-state index < -0.39 is 18.0 Å². The van der Waals surface area contributed by atoms with Gasteiger partial charge in [-0.15, -0.1) is 0 Å². The van der Waals surface area contributed by atoms with Crippen molar-refractivity contribution in [2.24, 2.45) is 10.3 Å². The highest BCUT2D eigenvalue weighted by molar-refractivity contribution is 6.25. The maximum atomic E-state index is 13.2. The SMILES string of the molecule is CC(C)Oc1ccc(-c2noc(CN3N=N[C@H]4C(=O)N(c5ccc(C(C)C)cc5)C(=O)[C@@H]43)n2)cc1. The molecule has 0 radical (unpaired) electrons. The quantitative estimate of drug-likeness (QED) is 0.473. The van der Waals surface area contributed by atoms with Gasteiger partial charge in [0.15, 0.2) is 12.1 Å². The van der Waals surface area contributed by atoms with Crippen molar-refractivity contribution in [3.63, 3.8) is 0 Å². The zero-order valence-electron chi connectivity index (χ0n) is 20.0. The molecule has 3 heterocycles. The van der Waals surface area contributed by atoms with E-state index in [0.29, 0.717) is 17.4 Å². The number of hydrogen-bond donors (Lipinski definition) is 0. The molecule has 10 heteroatoms. The van der Waals surface area contributed by atoms with Gasteiger partial charge in [-0.25, -0.2) is 4.90 Å². The minimum Gasteiger partial charge on any atom is -0.491 e. The zero-order valence-corrected chi connectivity index (χ0v) is 20.0. The van der Waals surface area contributed by atoms with E-state index in [1.165, 1.54) is 9.91 Å². The largest absolute Gasteiger partial charge is 0.491 e. The Morgan fingerprint density at radius 1 is 0.971 bits per heavy atom. The van der Waals surface area contributed by atoms with Crippen LogP contribution in [0.1, 0.15) is 45.1 Å². The molecule has 2 aliphatic heterocycles. The summed E-state index contributed by atoms with van der Waals surface area (Å²) in [5.41, 5.74) is 2.42. The number of hydrogen-bond acceptors (Lipinski definition) is 9. The first-order chi connectivity index (χ1) is 16.8. The van der Waals surface area contributed by atoms with Crippen LogP contribution in [0.25, 0.3) is 11.4 Å². The predicted molar refractivity (Wildman–Crippen MR) is 126 cm³/mol. The van der Waals surface area contributed by atoms with Crippen molar-refractivity contribution >= 4 is 17.5 Å². The molecule has 0 unspecified atom stereocenters. The van der Waals surface area contributed by atoms with Gasteiger partial charge in [0, 0.05) is 5.56 Å². The maximum absolute atomic E-state index is 13.2. The summed E-state index contributed by atoms with van der Waals surface area (Å²) in [5.74, 6) is 1.01. The maximum Gasteiger partial charge on any atom is 0.263 e. The summed E-state index contributed by atoms with van der Waals surface area (Å²) in [6.45, 7) is 8.16. The summed E-state index contributed by atoms with van der Waals surface area (Å²) in [5, 5.41) is 13.6. The molecule has 0 N–H and O–H groups in total. The number of imide groups is 1. The molecule has 1 aromatic heterocycles. The molecule has 2 aromatic carbocycles. The molecule has 0 bridgehead atoms.